The summed E-state index contributed by atoms with van der Waals surface area (Å²) in [7, 11) is 0. The van der Waals surface area contributed by atoms with Crippen molar-refractivity contribution >= 4 is 32.9 Å². The van der Waals surface area contributed by atoms with Gasteiger partial charge < -0.3 is 9.84 Å². The van der Waals surface area contributed by atoms with Crippen LogP contribution in [0.15, 0.2) is 28.9 Å². The fraction of sp³-hybridized carbons (Fsp3) is 0.550. The fourth-order valence-electron chi connectivity index (χ4n) is 3.65. The van der Waals surface area contributed by atoms with Gasteiger partial charge in [0.2, 0.25) is 0 Å². The summed E-state index contributed by atoms with van der Waals surface area (Å²) in [4.78, 5) is 15.1. The van der Waals surface area contributed by atoms with E-state index in [0.29, 0.717) is 0 Å². The van der Waals surface area contributed by atoms with Crippen LogP contribution in [-0.2, 0) is 11.2 Å². The van der Waals surface area contributed by atoms with Crippen molar-refractivity contribution in [3.05, 3.63) is 34.4 Å². The monoisotopic (exact) mass is 422 g/mol. The standard InChI is InChI=1S/C20H27BrN2O3/c1-20(2,3)26-19(25)23-17-9-5-4-8-15(17)16(18(23)21)10-12-22-11-6-7-14(22)13-24/h4-5,8-9,14,24H,6-7,10-13H2,1-3H3/t14-/m0/s1. The average Bonchev–Trinajstić information content (AvgIpc) is 3.12. The molecule has 1 fully saturated rings. The molecule has 2 aromatic rings. The van der Waals surface area contributed by atoms with E-state index >= 15 is 0 Å². The van der Waals surface area contributed by atoms with Gasteiger partial charge in [-0.25, -0.2) is 9.36 Å². The van der Waals surface area contributed by atoms with E-state index in [1.165, 1.54) is 0 Å². The molecule has 1 aromatic carbocycles. The van der Waals surface area contributed by atoms with Crippen molar-refractivity contribution < 1.29 is 14.6 Å². The summed E-state index contributed by atoms with van der Waals surface area (Å²) >= 11 is 3.64. The number of hydrogen-bond donors (Lipinski definition) is 1. The number of ether oxygens (including phenoxy) is 1. The molecule has 1 atom stereocenters. The van der Waals surface area contributed by atoms with Crippen molar-refractivity contribution in [1.29, 1.82) is 0 Å². The Kier molecular flexibility index (Phi) is 5.75. The molecule has 0 unspecified atom stereocenters. The second kappa shape index (κ2) is 7.71. The number of fused-ring (bicyclic) bond motifs is 1. The minimum absolute atomic E-state index is 0.209. The van der Waals surface area contributed by atoms with Crippen molar-refractivity contribution in [2.45, 2.75) is 51.7 Å². The number of hydrogen-bond acceptors (Lipinski definition) is 4. The van der Waals surface area contributed by atoms with Crippen molar-refractivity contribution in [3.8, 4) is 0 Å². The van der Waals surface area contributed by atoms with Gasteiger partial charge in [0.25, 0.3) is 0 Å². The van der Waals surface area contributed by atoms with Gasteiger partial charge in [-0.3, -0.25) is 4.90 Å². The van der Waals surface area contributed by atoms with E-state index < -0.39 is 5.60 Å². The minimum atomic E-state index is -0.550. The molecule has 1 saturated heterocycles. The molecule has 3 rings (SSSR count). The van der Waals surface area contributed by atoms with Crippen LogP contribution in [-0.4, -0.2) is 52.0 Å². The quantitative estimate of drug-likeness (QED) is 0.802. The highest BCUT2D eigenvalue weighted by Gasteiger charge is 2.27. The number of rotatable bonds is 4. The zero-order chi connectivity index (χ0) is 18.9. The lowest BCUT2D eigenvalue weighted by Crippen LogP contribution is -2.33. The lowest BCUT2D eigenvalue weighted by atomic mass is 10.1. The fourth-order valence-corrected chi connectivity index (χ4v) is 4.40. The topological polar surface area (TPSA) is 54.7 Å². The van der Waals surface area contributed by atoms with Crippen LogP contribution in [0.5, 0.6) is 0 Å². The van der Waals surface area contributed by atoms with Crippen LogP contribution < -0.4 is 0 Å². The van der Waals surface area contributed by atoms with E-state index in [1.807, 2.05) is 45.0 Å². The first kappa shape index (κ1) is 19.4. The third-order valence-corrected chi connectivity index (χ3v) is 5.68. The lowest BCUT2D eigenvalue weighted by molar-refractivity contribution is 0.0541. The van der Waals surface area contributed by atoms with Gasteiger partial charge in [-0.1, -0.05) is 18.2 Å². The highest BCUT2D eigenvalue weighted by Crippen LogP contribution is 2.32. The van der Waals surface area contributed by atoms with Gasteiger partial charge in [0, 0.05) is 18.0 Å². The summed E-state index contributed by atoms with van der Waals surface area (Å²) < 4.78 is 7.96. The molecule has 26 heavy (non-hydrogen) atoms. The molecule has 1 aliphatic heterocycles. The summed E-state index contributed by atoms with van der Waals surface area (Å²) in [6, 6.07) is 8.17. The second-order valence-electron chi connectivity index (χ2n) is 7.87. The zero-order valence-electron chi connectivity index (χ0n) is 15.7. The van der Waals surface area contributed by atoms with E-state index in [4.69, 9.17) is 4.74 Å². The molecule has 1 aromatic heterocycles. The Morgan fingerprint density at radius 2 is 2.08 bits per heavy atom. The van der Waals surface area contributed by atoms with E-state index in [2.05, 4.69) is 20.8 Å². The normalized spacial score (nSPS) is 18.6. The van der Waals surface area contributed by atoms with Crippen LogP contribution in [0.1, 0.15) is 39.2 Å². The van der Waals surface area contributed by atoms with E-state index in [0.717, 1.165) is 53.4 Å². The lowest BCUT2D eigenvalue weighted by Gasteiger charge is -2.22. The van der Waals surface area contributed by atoms with Crippen LogP contribution in [0.25, 0.3) is 10.9 Å². The van der Waals surface area contributed by atoms with Crippen molar-refractivity contribution in [3.63, 3.8) is 0 Å². The predicted molar refractivity (Wildman–Crippen MR) is 107 cm³/mol. The molecule has 142 valence electrons. The first-order chi connectivity index (χ1) is 12.3. The number of benzene rings is 1. The Labute approximate surface area is 163 Å². The number of carbonyl (C=O) groups excluding carboxylic acids is 1. The number of carbonyl (C=O) groups is 1. The maximum Gasteiger partial charge on any atom is 0.419 e. The molecule has 1 N–H and O–H groups in total. The van der Waals surface area contributed by atoms with Gasteiger partial charge in [0.05, 0.1) is 16.7 Å². The van der Waals surface area contributed by atoms with E-state index in [1.54, 1.807) is 4.57 Å². The average molecular weight is 423 g/mol. The zero-order valence-corrected chi connectivity index (χ0v) is 17.3. The van der Waals surface area contributed by atoms with Crippen LogP contribution in [0.3, 0.4) is 0 Å². The van der Waals surface area contributed by atoms with Crippen LogP contribution in [0.4, 0.5) is 4.79 Å². The molecule has 0 saturated carbocycles. The molecule has 0 amide bonds. The summed E-state index contributed by atoms with van der Waals surface area (Å²) in [6.45, 7) is 7.70. The third-order valence-electron chi connectivity index (χ3n) is 4.85. The molecular weight excluding hydrogens is 396 g/mol. The van der Waals surface area contributed by atoms with Gasteiger partial charge in [0.15, 0.2) is 0 Å². The van der Waals surface area contributed by atoms with Crippen molar-refractivity contribution in [2.24, 2.45) is 0 Å². The van der Waals surface area contributed by atoms with E-state index in [9.17, 15) is 9.90 Å². The number of aliphatic hydroxyl groups excluding tert-OH is 1. The van der Waals surface area contributed by atoms with E-state index in [-0.39, 0.29) is 18.7 Å². The summed E-state index contributed by atoms with van der Waals surface area (Å²) in [6.07, 6.45) is 2.62. The predicted octanol–water partition coefficient (Wildman–Crippen LogP) is 4.19. The summed E-state index contributed by atoms with van der Waals surface area (Å²) in [5.41, 5.74) is 1.41. The smallest absolute Gasteiger partial charge is 0.419 e. The SMILES string of the molecule is CC(C)(C)OC(=O)n1c(Br)c(CCN2CCC[C@H]2CO)c2ccccc21. The highest BCUT2D eigenvalue weighted by atomic mass is 79.9. The molecule has 0 aliphatic carbocycles. The largest absolute Gasteiger partial charge is 0.443 e. The Hall–Kier alpha value is -1.37. The molecule has 1 aliphatic rings. The van der Waals surface area contributed by atoms with Crippen LogP contribution in [0, 0.1) is 0 Å². The van der Waals surface area contributed by atoms with Gasteiger partial charge >= 0.3 is 6.09 Å². The Bertz CT molecular complexity index is 794. The van der Waals surface area contributed by atoms with Crippen molar-refractivity contribution in [2.75, 3.05) is 19.7 Å². The molecule has 6 heteroatoms. The second-order valence-corrected chi connectivity index (χ2v) is 8.62. The number of halogens is 1. The number of aromatic nitrogens is 1. The molecule has 0 radical (unpaired) electrons. The summed E-state index contributed by atoms with van der Waals surface area (Å²) in [5.74, 6) is 0. The Balaban J connectivity index is 1.91. The van der Waals surface area contributed by atoms with Gasteiger partial charge in [-0.2, -0.15) is 0 Å². The minimum Gasteiger partial charge on any atom is -0.443 e. The first-order valence-corrected chi connectivity index (χ1v) is 9.97. The molecule has 5 nitrogen and oxygen atoms in total. The maximum atomic E-state index is 12.7. The number of aliphatic hydroxyl groups is 1. The molecule has 0 bridgehead atoms. The van der Waals surface area contributed by atoms with Gasteiger partial charge in [0.1, 0.15) is 5.60 Å². The Morgan fingerprint density at radius 3 is 2.77 bits per heavy atom. The van der Waals surface area contributed by atoms with Crippen LogP contribution in [0.2, 0.25) is 0 Å². The number of nitrogens with zero attached hydrogens (tertiary/aromatic N) is 2. The molecule has 0 spiro atoms. The molecule has 2 heterocycles. The Morgan fingerprint density at radius 1 is 1.35 bits per heavy atom. The van der Waals surface area contributed by atoms with Gasteiger partial charge in [-0.15, -0.1) is 0 Å². The maximum absolute atomic E-state index is 12.7. The number of likely N-dealkylation sites (tertiary alicyclic amines) is 1. The molecular formula is C20H27BrN2O3. The van der Waals surface area contributed by atoms with Crippen LogP contribution >= 0.6 is 15.9 Å². The third kappa shape index (κ3) is 3.97. The number of para-hydroxylation sites is 1. The van der Waals surface area contributed by atoms with Crippen molar-refractivity contribution in [1.82, 2.24) is 9.47 Å². The highest BCUT2D eigenvalue weighted by molar-refractivity contribution is 9.10. The van der Waals surface area contributed by atoms with Gasteiger partial charge in [-0.05, 0) is 74.1 Å². The summed E-state index contributed by atoms with van der Waals surface area (Å²) in [5, 5.41) is 10.6. The first-order valence-electron chi connectivity index (χ1n) is 9.18.